The molecule has 0 bridgehead atoms. The molecule has 0 unspecified atom stereocenters. The predicted octanol–water partition coefficient (Wildman–Crippen LogP) is 5.05. The lowest BCUT2D eigenvalue weighted by molar-refractivity contribution is 0.0280. The van der Waals surface area contributed by atoms with E-state index in [-0.39, 0.29) is 17.6 Å². The molecule has 3 heterocycles. The SMILES string of the molecule is Cc1cc(-c2ccc(C3CCN(CC(C)(C)O)CC3)c(F)c2)sc1C(=O)N1CCCC1. The summed E-state index contributed by atoms with van der Waals surface area (Å²) in [6.45, 7) is 9.70. The molecule has 0 radical (unpaired) electrons. The van der Waals surface area contributed by atoms with Gasteiger partial charge in [0.1, 0.15) is 5.82 Å². The van der Waals surface area contributed by atoms with Gasteiger partial charge in [0, 0.05) is 24.5 Å². The minimum atomic E-state index is -0.701. The molecule has 2 aliphatic heterocycles. The minimum absolute atomic E-state index is 0.112. The van der Waals surface area contributed by atoms with E-state index in [0.29, 0.717) is 6.54 Å². The summed E-state index contributed by atoms with van der Waals surface area (Å²) in [7, 11) is 0. The van der Waals surface area contributed by atoms with Crippen LogP contribution in [0.1, 0.15) is 66.2 Å². The molecule has 6 heteroatoms. The lowest BCUT2D eigenvalue weighted by Gasteiger charge is -2.35. The van der Waals surface area contributed by atoms with Crippen molar-refractivity contribution in [3.63, 3.8) is 0 Å². The number of amides is 1. The van der Waals surface area contributed by atoms with Gasteiger partial charge in [-0.15, -0.1) is 11.3 Å². The maximum Gasteiger partial charge on any atom is 0.264 e. The fourth-order valence-corrected chi connectivity index (χ4v) is 6.00. The number of aryl methyl sites for hydroxylation is 1. The van der Waals surface area contributed by atoms with Crippen molar-refractivity contribution in [1.82, 2.24) is 9.80 Å². The van der Waals surface area contributed by atoms with E-state index in [1.165, 1.54) is 11.3 Å². The highest BCUT2D eigenvalue weighted by molar-refractivity contribution is 7.17. The Morgan fingerprint density at radius 3 is 2.45 bits per heavy atom. The van der Waals surface area contributed by atoms with Gasteiger partial charge < -0.3 is 14.9 Å². The van der Waals surface area contributed by atoms with E-state index < -0.39 is 5.60 Å². The van der Waals surface area contributed by atoms with Gasteiger partial charge in [0.15, 0.2) is 0 Å². The number of rotatable bonds is 5. The second-order valence-corrected chi connectivity index (χ2v) is 10.8. The topological polar surface area (TPSA) is 43.8 Å². The first kappa shape index (κ1) is 22.4. The highest BCUT2D eigenvalue weighted by atomic mass is 32.1. The predicted molar refractivity (Wildman–Crippen MR) is 124 cm³/mol. The second kappa shape index (κ2) is 9.00. The summed E-state index contributed by atoms with van der Waals surface area (Å²) < 4.78 is 15.1. The van der Waals surface area contributed by atoms with Gasteiger partial charge in [-0.3, -0.25) is 4.79 Å². The fraction of sp³-hybridized carbons (Fsp3) is 0.560. The van der Waals surface area contributed by atoms with Crippen molar-refractivity contribution in [2.45, 2.75) is 58.0 Å². The van der Waals surface area contributed by atoms with E-state index in [1.807, 2.05) is 43.9 Å². The zero-order valence-electron chi connectivity index (χ0n) is 18.8. The fourth-order valence-electron chi connectivity index (χ4n) is 4.86. The minimum Gasteiger partial charge on any atom is -0.389 e. The highest BCUT2D eigenvalue weighted by Gasteiger charge is 2.27. The Kier molecular flexibility index (Phi) is 6.52. The molecule has 0 aliphatic carbocycles. The van der Waals surface area contributed by atoms with Crippen molar-refractivity contribution in [2.75, 3.05) is 32.7 Å². The first-order chi connectivity index (χ1) is 14.7. The van der Waals surface area contributed by atoms with Crippen LogP contribution in [0.3, 0.4) is 0 Å². The number of piperidine rings is 1. The van der Waals surface area contributed by atoms with Gasteiger partial charge in [0.25, 0.3) is 5.91 Å². The maximum atomic E-state index is 15.1. The van der Waals surface area contributed by atoms with Gasteiger partial charge in [-0.2, -0.15) is 0 Å². The lowest BCUT2D eigenvalue weighted by Crippen LogP contribution is -2.42. The van der Waals surface area contributed by atoms with Crippen molar-refractivity contribution >= 4 is 17.2 Å². The van der Waals surface area contributed by atoms with Crippen LogP contribution in [-0.2, 0) is 0 Å². The molecule has 4 rings (SSSR count). The van der Waals surface area contributed by atoms with Crippen molar-refractivity contribution in [1.29, 1.82) is 0 Å². The van der Waals surface area contributed by atoms with Crippen LogP contribution in [0.2, 0.25) is 0 Å². The molecule has 1 N–H and O–H groups in total. The first-order valence-corrected chi connectivity index (χ1v) is 12.2. The van der Waals surface area contributed by atoms with E-state index in [9.17, 15) is 9.90 Å². The number of aliphatic hydroxyl groups is 1. The first-order valence-electron chi connectivity index (χ1n) is 11.4. The van der Waals surface area contributed by atoms with Crippen LogP contribution in [-0.4, -0.2) is 59.1 Å². The number of β-amino-alcohol motifs (C(OH)–C–C–N with tert-alkyl or cyclic N) is 1. The van der Waals surface area contributed by atoms with E-state index >= 15 is 4.39 Å². The third kappa shape index (κ3) is 5.18. The van der Waals surface area contributed by atoms with Crippen LogP contribution in [0, 0.1) is 12.7 Å². The molecule has 0 saturated carbocycles. The van der Waals surface area contributed by atoms with Gasteiger partial charge in [0.2, 0.25) is 0 Å². The Bertz CT molecular complexity index is 935. The largest absolute Gasteiger partial charge is 0.389 e. The Labute approximate surface area is 188 Å². The summed E-state index contributed by atoms with van der Waals surface area (Å²) in [5.74, 6) is 0.169. The van der Waals surface area contributed by atoms with E-state index in [4.69, 9.17) is 0 Å². The summed E-state index contributed by atoms with van der Waals surface area (Å²) >= 11 is 1.48. The lowest BCUT2D eigenvalue weighted by atomic mass is 9.88. The highest BCUT2D eigenvalue weighted by Crippen LogP contribution is 2.36. The van der Waals surface area contributed by atoms with Crippen molar-refractivity contribution in [3.05, 3.63) is 46.1 Å². The van der Waals surface area contributed by atoms with Crippen LogP contribution in [0.4, 0.5) is 4.39 Å². The summed E-state index contributed by atoms with van der Waals surface area (Å²) in [6, 6.07) is 7.57. The third-order valence-corrected chi connectivity index (χ3v) is 7.70. The van der Waals surface area contributed by atoms with E-state index in [2.05, 4.69) is 4.90 Å². The Morgan fingerprint density at radius 1 is 1.16 bits per heavy atom. The molecular formula is C25H33FN2O2S. The molecule has 2 saturated heterocycles. The van der Waals surface area contributed by atoms with Gasteiger partial charge in [0.05, 0.1) is 10.5 Å². The average Bonchev–Trinajstić information content (AvgIpc) is 3.37. The van der Waals surface area contributed by atoms with Gasteiger partial charge in [-0.25, -0.2) is 4.39 Å². The van der Waals surface area contributed by atoms with Crippen molar-refractivity contribution < 1.29 is 14.3 Å². The molecule has 4 nitrogen and oxygen atoms in total. The smallest absolute Gasteiger partial charge is 0.264 e. The summed E-state index contributed by atoms with van der Waals surface area (Å²) in [5.41, 5.74) is 1.90. The summed E-state index contributed by atoms with van der Waals surface area (Å²) in [6.07, 6.45) is 3.96. The summed E-state index contributed by atoms with van der Waals surface area (Å²) in [5, 5.41) is 10.0. The van der Waals surface area contributed by atoms with Crippen LogP contribution in [0.5, 0.6) is 0 Å². The zero-order valence-corrected chi connectivity index (χ0v) is 19.6. The maximum absolute atomic E-state index is 15.1. The third-order valence-electron chi connectivity index (χ3n) is 6.43. The average molecular weight is 445 g/mol. The van der Waals surface area contributed by atoms with Crippen molar-refractivity contribution in [3.8, 4) is 10.4 Å². The molecule has 1 aromatic carbocycles. The molecule has 31 heavy (non-hydrogen) atoms. The Morgan fingerprint density at radius 2 is 1.84 bits per heavy atom. The van der Waals surface area contributed by atoms with E-state index in [1.54, 1.807) is 6.07 Å². The van der Waals surface area contributed by atoms with Gasteiger partial charge in [-0.1, -0.05) is 12.1 Å². The molecule has 168 valence electrons. The molecule has 0 atom stereocenters. The monoisotopic (exact) mass is 444 g/mol. The van der Waals surface area contributed by atoms with Crippen molar-refractivity contribution in [2.24, 2.45) is 0 Å². The normalized spacial score (nSPS) is 18.7. The standard InChI is InChI=1S/C25H33FN2O2S/c1-17-14-22(31-23(17)24(29)28-10-4-5-11-28)19-6-7-20(21(26)15-19)18-8-12-27(13-9-18)16-25(2,3)30/h6-7,14-15,18,30H,4-5,8-13,16H2,1-3H3. The number of nitrogens with zero attached hydrogens (tertiary/aromatic N) is 2. The number of hydrogen-bond donors (Lipinski definition) is 1. The van der Waals surface area contributed by atoms with E-state index in [0.717, 1.165) is 78.3 Å². The number of benzene rings is 1. The molecular weight excluding hydrogens is 411 g/mol. The Hall–Kier alpha value is -1.76. The quantitative estimate of drug-likeness (QED) is 0.702. The zero-order chi connectivity index (χ0) is 22.2. The number of likely N-dealkylation sites (tertiary alicyclic amines) is 2. The number of halogens is 1. The number of carbonyl (C=O) groups excluding carboxylic acids is 1. The number of thiophene rings is 1. The molecule has 2 aromatic rings. The molecule has 1 amide bonds. The molecule has 0 spiro atoms. The number of hydrogen-bond acceptors (Lipinski definition) is 4. The second-order valence-electron chi connectivity index (χ2n) is 9.72. The van der Waals surface area contributed by atoms with Crippen LogP contribution in [0.15, 0.2) is 24.3 Å². The molecule has 2 fully saturated rings. The van der Waals surface area contributed by atoms with Crippen LogP contribution in [0.25, 0.3) is 10.4 Å². The molecule has 1 aromatic heterocycles. The Balaban J connectivity index is 1.46. The van der Waals surface area contributed by atoms with Gasteiger partial charge >= 0.3 is 0 Å². The summed E-state index contributed by atoms with van der Waals surface area (Å²) in [4.78, 5) is 18.7. The van der Waals surface area contributed by atoms with Gasteiger partial charge in [-0.05, 0) is 94.3 Å². The molecule has 2 aliphatic rings. The van der Waals surface area contributed by atoms with Crippen LogP contribution >= 0.6 is 11.3 Å². The number of carbonyl (C=O) groups is 1. The van der Waals surface area contributed by atoms with Crippen LogP contribution < -0.4 is 0 Å².